The van der Waals surface area contributed by atoms with E-state index in [4.69, 9.17) is 5.26 Å². The van der Waals surface area contributed by atoms with E-state index in [0.717, 1.165) is 17.8 Å². The van der Waals surface area contributed by atoms with Gasteiger partial charge in [0, 0.05) is 19.3 Å². The number of hydrogen-bond acceptors (Lipinski definition) is 2. The Morgan fingerprint density at radius 3 is 2.44 bits per heavy atom. The first-order valence-electron chi connectivity index (χ1n) is 5.96. The molecule has 0 heterocycles. The van der Waals surface area contributed by atoms with Crippen LogP contribution in [-0.4, -0.2) is 7.05 Å². The SMILES string of the molecule is Cc1cc(C#N)ccc1N(C)Cc1ccccc1. The van der Waals surface area contributed by atoms with Gasteiger partial charge >= 0.3 is 0 Å². The van der Waals surface area contributed by atoms with Gasteiger partial charge in [-0.05, 0) is 36.2 Å². The zero-order chi connectivity index (χ0) is 13.0. The lowest BCUT2D eigenvalue weighted by Gasteiger charge is -2.21. The zero-order valence-electron chi connectivity index (χ0n) is 10.7. The van der Waals surface area contributed by atoms with Crippen molar-refractivity contribution < 1.29 is 0 Å². The van der Waals surface area contributed by atoms with Crippen LogP contribution in [0.4, 0.5) is 5.69 Å². The molecule has 2 aromatic rings. The summed E-state index contributed by atoms with van der Waals surface area (Å²) in [7, 11) is 2.07. The Hall–Kier alpha value is -2.27. The molecule has 2 heteroatoms. The minimum Gasteiger partial charge on any atom is -0.370 e. The third-order valence-corrected chi connectivity index (χ3v) is 3.00. The van der Waals surface area contributed by atoms with Gasteiger partial charge in [0.1, 0.15) is 0 Å². The highest BCUT2D eigenvalue weighted by molar-refractivity contribution is 5.55. The van der Waals surface area contributed by atoms with Crippen LogP contribution in [0.15, 0.2) is 48.5 Å². The van der Waals surface area contributed by atoms with E-state index in [-0.39, 0.29) is 0 Å². The number of benzene rings is 2. The molecule has 0 saturated carbocycles. The molecular weight excluding hydrogens is 220 g/mol. The lowest BCUT2D eigenvalue weighted by atomic mass is 10.1. The third kappa shape index (κ3) is 2.70. The molecule has 0 amide bonds. The quantitative estimate of drug-likeness (QED) is 0.815. The predicted octanol–water partition coefficient (Wildman–Crippen LogP) is 3.50. The summed E-state index contributed by atoms with van der Waals surface area (Å²) in [5.74, 6) is 0. The van der Waals surface area contributed by atoms with Gasteiger partial charge in [0.05, 0.1) is 11.6 Å². The molecule has 0 saturated heterocycles. The van der Waals surface area contributed by atoms with Crippen LogP contribution in [0.1, 0.15) is 16.7 Å². The Kier molecular flexibility index (Phi) is 3.64. The van der Waals surface area contributed by atoms with Crippen LogP contribution in [-0.2, 0) is 6.54 Å². The zero-order valence-corrected chi connectivity index (χ0v) is 10.7. The predicted molar refractivity (Wildman–Crippen MR) is 74.4 cm³/mol. The molecule has 2 aromatic carbocycles. The molecule has 0 aliphatic rings. The van der Waals surface area contributed by atoms with E-state index in [2.05, 4.69) is 42.3 Å². The molecule has 0 aliphatic carbocycles. The smallest absolute Gasteiger partial charge is 0.0991 e. The minimum absolute atomic E-state index is 0.712. The summed E-state index contributed by atoms with van der Waals surface area (Å²) in [6.45, 7) is 2.91. The van der Waals surface area contributed by atoms with E-state index in [0.29, 0.717) is 5.56 Å². The second kappa shape index (κ2) is 5.37. The average molecular weight is 236 g/mol. The summed E-state index contributed by atoms with van der Waals surface area (Å²) in [6.07, 6.45) is 0. The van der Waals surface area contributed by atoms with Crippen molar-refractivity contribution in [2.24, 2.45) is 0 Å². The van der Waals surface area contributed by atoms with Gasteiger partial charge in [0.15, 0.2) is 0 Å². The van der Waals surface area contributed by atoms with Crippen molar-refractivity contribution in [3.63, 3.8) is 0 Å². The van der Waals surface area contributed by atoms with Crippen LogP contribution in [0.25, 0.3) is 0 Å². The van der Waals surface area contributed by atoms with Crippen LogP contribution in [0, 0.1) is 18.3 Å². The van der Waals surface area contributed by atoms with Crippen LogP contribution in [0.2, 0.25) is 0 Å². The van der Waals surface area contributed by atoms with Crippen molar-refractivity contribution in [3.05, 3.63) is 65.2 Å². The number of anilines is 1. The van der Waals surface area contributed by atoms with Crippen molar-refractivity contribution >= 4 is 5.69 Å². The Morgan fingerprint density at radius 2 is 1.83 bits per heavy atom. The molecule has 0 fully saturated rings. The van der Waals surface area contributed by atoms with Gasteiger partial charge < -0.3 is 4.90 Å². The maximum absolute atomic E-state index is 8.86. The second-order valence-corrected chi connectivity index (χ2v) is 4.45. The van der Waals surface area contributed by atoms with Gasteiger partial charge in [-0.15, -0.1) is 0 Å². The number of rotatable bonds is 3. The molecular formula is C16H16N2. The summed E-state index contributed by atoms with van der Waals surface area (Å²) in [5.41, 5.74) is 4.29. The first-order valence-corrected chi connectivity index (χ1v) is 5.96. The molecule has 0 aliphatic heterocycles. The van der Waals surface area contributed by atoms with Gasteiger partial charge in [0.2, 0.25) is 0 Å². The molecule has 0 bridgehead atoms. The summed E-state index contributed by atoms with van der Waals surface area (Å²) in [4.78, 5) is 2.20. The molecule has 90 valence electrons. The van der Waals surface area contributed by atoms with Crippen molar-refractivity contribution in [2.75, 3.05) is 11.9 Å². The fourth-order valence-electron chi connectivity index (χ4n) is 2.10. The number of aryl methyl sites for hydroxylation is 1. The molecule has 0 unspecified atom stereocenters. The van der Waals surface area contributed by atoms with Crippen LogP contribution < -0.4 is 4.90 Å². The van der Waals surface area contributed by atoms with Crippen LogP contribution in [0.3, 0.4) is 0 Å². The highest BCUT2D eigenvalue weighted by Crippen LogP contribution is 2.21. The van der Waals surface area contributed by atoms with Crippen LogP contribution >= 0.6 is 0 Å². The molecule has 0 radical (unpaired) electrons. The van der Waals surface area contributed by atoms with Gasteiger partial charge in [-0.3, -0.25) is 0 Å². The largest absolute Gasteiger partial charge is 0.370 e. The minimum atomic E-state index is 0.712. The molecule has 0 spiro atoms. The molecule has 2 rings (SSSR count). The van der Waals surface area contributed by atoms with Crippen molar-refractivity contribution in [1.29, 1.82) is 5.26 Å². The van der Waals surface area contributed by atoms with E-state index in [1.807, 2.05) is 31.2 Å². The van der Waals surface area contributed by atoms with E-state index in [1.54, 1.807) is 0 Å². The topological polar surface area (TPSA) is 27.0 Å². The number of nitriles is 1. The molecule has 0 atom stereocenters. The van der Waals surface area contributed by atoms with E-state index in [1.165, 1.54) is 5.56 Å². The highest BCUT2D eigenvalue weighted by Gasteiger charge is 2.05. The molecule has 0 aromatic heterocycles. The lowest BCUT2D eigenvalue weighted by Crippen LogP contribution is -2.17. The normalized spacial score (nSPS) is 9.83. The first kappa shape index (κ1) is 12.2. The fourth-order valence-corrected chi connectivity index (χ4v) is 2.10. The summed E-state index contributed by atoms with van der Waals surface area (Å²) < 4.78 is 0. The van der Waals surface area contributed by atoms with Crippen molar-refractivity contribution in [3.8, 4) is 6.07 Å². The third-order valence-electron chi connectivity index (χ3n) is 3.00. The number of hydrogen-bond donors (Lipinski definition) is 0. The molecule has 18 heavy (non-hydrogen) atoms. The summed E-state index contributed by atoms with van der Waals surface area (Å²) >= 11 is 0. The van der Waals surface area contributed by atoms with Crippen molar-refractivity contribution in [2.45, 2.75) is 13.5 Å². The Morgan fingerprint density at radius 1 is 1.11 bits per heavy atom. The second-order valence-electron chi connectivity index (χ2n) is 4.45. The summed E-state index contributed by atoms with van der Waals surface area (Å²) in [5, 5.41) is 8.86. The monoisotopic (exact) mass is 236 g/mol. The Bertz CT molecular complexity index is 567. The Labute approximate surface area is 108 Å². The van der Waals surface area contributed by atoms with Crippen LogP contribution in [0.5, 0.6) is 0 Å². The van der Waals surface area contributed by atoms with E-state index in [9.17, 15) is 0 Å². The van der Waals surface area contributed by atoms with E-state index >= 15 is 0 Å². The van der Waals surface area contributed by atoms with Gasteiger partial charge in [-0.1, -0.05) is 30.3 Å². The maximum atomic E-state index is 8.86. The fraction of sp³-hybridized carbons (Fsp3) is 0.188. The number of nitrogens with zero attached hydrogens (tertiary/aromatic N) is 2. The highest BCUT2D eigenvalue weighted by atomic mass is 15.1. The maximum Gasteiger partial charge on any atom is 0.0991 e. The van der Waals surface area contributed by atoms with Crippen molar-refractivity contribution in [1.82, 2.24) is 0 Å². The van der Waals surface area contributed by atoms with Gasteiger partial charge in [-0.25, -0.2) is 0 Å². The van der Waals surface area contributed by atoms with E-state index < -0.39 is 0 Å². The van der Waals surface area contributed by atoms with Gasteiger partial charge in [-0.2, -0.15) is 5.26 Å². The average Bonchev–Trinajstić information content (AvgIpc) is 2.39. The molecule has 2 nitrogen and oxygen atoms in total. The summed E-state index contributed by atoms with van der Waals surface area (Å²) in [6, 6.07) is 18.3. The standard InChI is InChI=1S/C16H16N2/c1-13-10-15(11-17)8-9-16(13)18(2)12-14-6-4-3-5-7-14/h3-10H,12H2,1-2H3. The first-order chi connectivity index (χ1) is 8.70. The molecule has 0 N–H and O–H groups in total. The lowest BCUT2D eigenvalue weighted by molar-refractivity contribution is 0.917. The Balaban J connectivity index is 2.19. The van der Waals surface area contributed by atoms with Gasteiger partial charge in [0.25, 0.3) is 0 Å².